The average Bonchev–Trinajstić information content (AvgIpc) is 2.28. The van der Waals surface area contributed by atoms with E-state index in [-0.39, 0.29) is 0 Å². The molecule has 4 nitrogen and oxygen atoms in total. The van der Waals surface area contributed by atoms with Crippen LogP contribution in [0.25, 0.3) is 0 Å². The number of hydrogen-bond acceptors (Lipinski definition) is 4. The lowest BCUT2D eigenvalue weighted by atomic mass is 10.4. The Morgan fingerprint density at radius 3 is 2.47 bits per heavy atom. The van der Waals surface area contributed by atoms with Gasteiger partial charge >= 0.3 is 0 Å². The molecule has 0 saturated heterocycles. The van der Waals surface area contributed by atoms with Crippen molar-refractivity contribution in [1.29, 1.82) is 0 Å². The summed E-state index contributed by atoms with van der Waals surface area (Å²) in [5.74, 6) is 0. The van der Waals surface area contributed by atoms with Gasteiger partial charge in [-0.1, -0.05) is 0 Å². The van der Waals surface area contributed by atoms with Crippen LogP contribution in [-0.2, 0) is 9.47 Å². The molecule has 0 radical (unpaired) electrons. The van der Waals surface area contributed by atoms with Crippen LogP contribution in [0.1, 0.15) is 26.7 Å². The van der Waals surface area contributed by atoms with E-state index >= 15 is 0 Å². The molecule has 0 fully saturated rings. The maximum Gasteiger partial charge on any atom is 0.0518 e. The molecule has 0 aliphatic carbocycles. The summed E-state index contributed by atoms with van der Waals surface area (Å²) >= 11 is 0. The molecule has 1 N–H and O–H groups in total. The molecule has 17 heavy (non-hydrogen) atoms. The molecule has 4 heteroatoms. The van der Waals surface area contributed by atoms with E-state index in [0.29, 0.717) is 6.10 Å². The van der Waals surface area contributed by atoms with Crippen molar-refractivity contribution < 1.29 is 9.47 Å². The highest BCUT2D eigenvalue weighted by Gasteiger charge is 1.97. The van der Waals surface area contributed by atoms with E-state index < -0.39 is 0 Å². The summed E-state index contributed by atoms with van der Waals surface area (Å²) in [6.45, 7) is 10.1. The molecule has 0 amide bonds. The van der Waals surface area contributed by atoms with Crippen molar-refractivity contribution in [3.63, 3.8) is 0 Å². The van der Waals surface area contributed by atoms with Gasteiger partial charge in [0.25, 0.3) is 0 Å². The average molecular weight is 246 g/mol. The molecule has 0 aromatic carbocycles. The monoisotopic (exact) mass is 246 g/mol. The van der Waals surface area contributed by atoms with Crippen LogP contribution < -0.4 is 5.32 Å². The summed E-state index contributed by atoms with van der Waals surface area (Å²) in [5.41, 5.74) is 0. The van der Waals surface area contributed by atoms with Crippen LogP contribution in [0, 0.1) is 0 Å². The van der Waals surface area contributed by atoms with Gasteiger partial charge in [-0.2, -0.15) is 0 Å². The van der Waals surface area contributed by atoms with Crippen molar-refractivity contribution in [2.24, 2.45) is 0 Å². The topological polar surface area (TPSA) is 33.7 Å². The molecule has 0 saturated carbocycles. The molecule has 0 unspecified atom stereocenters. The van der Waals surface area contributed by atoms with Gasteiger partial charge in [0.2, 0.25) is 0 Å². The van der Waals surface area contributed by atoms with Crippen molar-refractivity contribution in [3.05, 3.63) is 0 Å². The Hall–Kier alpha value is -0.160. The van der Waals surface area contributed by atoms with E-state index in [1.165, 1.54) is 0 Å². The molecule has 0 spiro atoms. The van der Waals surface area contributed by atoms with Gasteiger partial charge in [-0.3, -0.25) is 0 Å². The van der Waals surface area contributed by atoms with Crippen molar-refractivity contribution in [1.82, 2.24) is 10.2 Å². The lowest BCUT2D eigenvalue weighted by Gasteiger charge is -2.16. The second-order valence-corrected chi connectivity index (χ2v) is 4.67. The minimum atomic E-state index is 0.349. The van der Waals surface area contributed by atoms with Crippen LogP contribution in [0.2, 0.25) is 0 Å². The first-order valence-corrected chi connectivity index (χ1v) is 6.66. The highest BCUT2D eigenvalue weighted by Crippen LogP contribution is 1.89. The van der Waals surface area contributed by atoms with Crippen molar-refractivity contribution in [2.45, 2.75) is 32.8 Å². The highest BCUT2D eigenvalue weighted by atomic mass is 16.5. The Morgan fingerprint density at radius 2 is 1.82 bits per heavy atom. The van der Waals surface area contributed by atoms with Crippen molar-refractivity contribution in [2.75, 3.05) is 53.6 Å². The fraction of sp³-hybridized carbons (Fsp3) is 1.00. The summed E-state index contributed by atoms with van der Waals surface area (Å²) in [5, 5.41) is 3.43. The molecule has 0 rings (SSSR count). The predicted molar refractivity (Wildman–Crippen MR) is 72.6 cm³/mol. The first-order valence-electron chi connectivity index (χ1n) is 6.66. The van der Waals surface area contributed by atoms with Gasteiger partial charge in [0.05, 0.1) is 6.10 Å². The van der Waals surface area contributed by atoms with E-state index in [2.05, 4.69) is 31.1 Å². The Kier molecular flexibility index (Phi) is 12.2. The highest BCUT2D eigenvalue weighted by molar-refractivity contribution is 4.55. The van der Waals surface area contributed by atoms with E-state index in [4.69, 9.17) is 9.47 Å². The summed E-state index contributed by atoms with van der Waals surface area (Å²) in [7, 11) is 3.90. The van der Waals surface area contributed by atoms with E-state index in [1.807, 2.05) is 0 Å². The molecule has 0 bridgehead atoms. The number of nitrogens with zero attached hydrogens (tertiary/aromatic N) is 1. The minimum Gasteiger partial charge on any atom is -0.385 e. The van der Waals surface area contributed by atoms with Gasteiger partial charge in [-0.05, 0) is 40.3 Å². The normalized spacial score (nSPS) is 11.6. The Labute approximate surface area is 107 Å². The van der Waals surface area contributed by atoms with Gasteiger partial charge in [-0.25, -0.2) is 0 Å². The van der Waals surface area contributed by atoms with E-state index in [1.54, 1.807) is 7.11 Å². The first kappa shape index (κ1) is 16.8. The van der Waals surface area contributed by atoms with Gasteiger partial charge in [0.15, 0.2) is 0 Å². The summed E-state index contributed by atoms with van der Waals surface area (Å²) in [4.78, 5) is 2.33. The largest absolute Gasteiger partial charge is 0.385 e. The number of ether oxygens (including phenoxy) is 2. The Balaban J connectivity index is 3.11. The zero-order valence-electron chi connectivity index (χ0n) is 12.0. The molecule has 0 aromatic heterocycles. The van der Waals surface area contributed by atoms with E-state index in [9.17, 15) is 0 Å². The lowest BCUT2D eigenvalue weighted by Crippen LogP contribution is -2.31. The lowest BCUT2D eigenvalue weighted by molar-refractivity contribution is 0.0770. The number of hydrogen-bond donors (Lipinski definition) is 1. The van der Waals surface area contributed by atoms with Crippen molar-refractivity contribution in [3.8, 4) is 0 Å². The molecule has 0 aliphatic rings. The van der Waals surface area contributed by atoms with Gasteiger partial charge in [0.1, 0.15) is 0 Å². The SMILES string of the molecule is COCCCN(C)CCNCCCOC(C)C. The third kappa shape index (κ3) is 13.8. The van der Waals surface area contributed by atoms with Crippen LogP contribution in [0.5, 0.6) is 0 Å². The maximum atomic E-state index is 5.47. The van der Waals surface area contributed by atoms with Gasteiger partial charge in [0, 0.05) is 40.0 Å². The van der Waals surface area contributed by atoms with Crippen molar-refractivity contribution >= 4 is 0 Å². The third-order valence-corrected chi connectivity index (χ3v) is 2.51. The molecule has 0 heterocycles. The second kappa shape index (κ2) is 12.3. The fourth-order valence-electron chi connectivity index (χ4n) is 1.50. The quantitative estimate of drug-likeness (QED) is 0.527. The van der Waals surface area contributed by atoms with Crippen LogP contribution in [0.15, 0.2) is 0 Å². The smallest absolute Gasteiger partial charge is 0.0518 e. The third-order valence-electron chi connectivity index (χ3n) is 2.51. The zero-order chi connectivity index (χ0) is 12.9. The van der Waals surface area contributed by atoms with Crippen LogP contribution >= 0.6 is 0 Å². The molecule has 0 aliphatic heterocycles. The molecule has 0 atom stereocenters. The fourth-order valence-corrected chi connectivity index (χ4v) is 1.50. The maximum absolute atomic E-state index is 5.47. The molecule has 0 aromatic rings. The van der Waals surface area contributed by atoms with Gasteiger partial charge in [-0.15, -0.1) is 0 Å². The molecular weight excluding hydrogens is 216 g/mol. The summed E-state index contributed by atoms with van der Waals surface area (Å²) in [6, 6.07) is 0. The second-order valence-electron chi connectivity index (χ2n) is 4.67. The van der Waals surface area contributed by atoms with Crippen LogP contribution in [-0.4, -0.2) is 64.6 Å². The number of methoxy groups -OCH3 is 1. The standard InChI is InChI=1S/C13H30N2O2/c1-13(2)17-12-5-7-14-8-10-15(3)9-6-11-16-4/h13-14H,5-12H2,1-4H3. The summed E-state index contributed by atoms with van der Waals surface area (Å²) in [6.07, 6.45) is 2.54. The van der Waals surface area contributed by atoms with Crippen LogP contribution in [0.4, 0.5) is 0 Å². The Bertz CT molecular complexity index is 154. The van der Waals surface area contributed by atoms with Gasteiger partial charge < -0.3 is 19.7 Å². The number of rotatable bonds is 12. The molecule has 104 valence electrons. The first-order chi connectivity index (χ1) is 8.16. The summed E-state index contributed by atoms with van der Waals surface area (Å²) < 4.78 is 10.5. The zero-order valence-corrected chi connectivity index (χ0v) is 12.0. The van der Waals surface area contributed by atoms with E-state index in [0.717, 1.165) is 52.2 Å². The van der Waals surface area contributed by atoms with Crippen LogP contribution in [0.3, 0.4) is 0 Å². The number of likely N-dealkylation sites (N-methyl/N-ethyl adjacent to an activating group) is 1. The molecular formula is C13H30N2O2. The Morgan fingerprint density at radius 1 is 1.06 bits per heavy atom. The number of nitrogens with one attached hydrogen (secondary N) is 1. The predicted octanol–water partition coefficient (Wildman–Crippen LogP) is 1.36. The minimum absolute atomic E-state index is 0.349.